The molecule has 0 aliphatic carbocycles. The zero-order valence-corrected chi connectivity index (χ0v) is 10.6. The molecule has 1 unspecified atom stereocenters. The van der Waals surface area contributed by atoms with Crippen molar-refractivity contribution in [3.63, 3.8) is 0 Å². The van der Waals surface area contributed by atoms with Gasteiger partial charge in [0.2, 0.25) is 5.91 Å². The van der Waals surface area contributed by atoms with Crippen LogP contribution < -0.4 is 10.6 Å². The topological polar surface area (TPSA) is 70.6 Å². The van der Waals surface area contributed by atoms with Gasteiger partial charge >= 0.3 is 0 Å². The zero-order valence-electron chi connectivity index (χ0n) is 10.6. The van der Waals surface area contributed by atoms with E-state index in [1.54, 1.807) is 0 Å². The lowest BCUT2D eigenvalue weighted by molar-refractivity contribution is -0.121. The van der Waals surface area contributed by atoms with Crippen LogP contribution in [-0.4, -0.2) is 49.5 Å². The van der Waals surface area contributed by atoms with E-state index >= 15 is 0 Å². The molecule has 5 heteroatoms. The molecule has 0 bridgehead atoms. The molecule has 1 rings (SSSR count). The van der Waals surface area contributed by atoms with E-state index in [1.807, 2.05) is 6.92 Å². The van der Waals surface area contributed by atoms with Crippen molar-refractivity contribution in [1.82, 2.24) is 10.6 Å². The number of hydrogen-bond donors (Lipinski definition) is 3. The standard InChI is InChI=1S/C12H24N2O3/c1-2-3-11(15)8-13-9-12(16)14-10-4-6-17-7-5-10/h10-11,13,15H,2-9H2,1H3,(H,14,16). The monoisotopic (exact) mass is 244 g/mol. The van der Waals surface area contributed by atoms with E-state index < -0.39 is 0 Å². The van der Waals surface area contributed by atoms with Crippen LogP contribution in [0.15, 0.2) is 0 Å². The van der Waals surface area contributed by atoms with Gasteiger partial charge in [-0.2, -0.15) is 0 Å². The Kier molecular flexibility index (Phi) is 7.16. The molecule has 17 heavy (non-hydrogen) atoms. The lowest BCUT2D eigenvalue weighted by Gasteiger charge is -2.23. The third kappa shape index (κ3) is 6.61. The maximum absolute atomic E-state index is 11.6. The number of aliphatic hydroxyl groups is 1. The highest BCUT2D eigenvalue weighted by atomic mass is 16.5. The third-order valence-corrected chi connectivity index (χ3v) is 2.87. The van der Waals surface area contributed by atoms with Crippen molar-refractivity contribution in [1.29, 1.82) is 0 Å². The van der Waals surface area contributed by atoms with Crippen LogP contribution in [-0.2, 0) is 9.53 Å². The first-order valence-electron chi connectivity index (χ1n) is 6.48. The summed E-state index contributed by atoms with van der Waals surface area (Å²) in [6, 6.07) is 0.249. The van der Waals surface area contributed by atoms with Crippen molar-refractivity contribution in [2.45, 2.75) is 44.8 Å². The third-order valence-electron chi connectivity index (χ3n) is 2.87. The molecule has 1 aliphatic heterocycles. The van der Waals surface area contributed by atoms with Crippen LogP contribution in [0, 0.1) is 0 Å². The van der Waals surface area contributed by atoms with Gasteiger partial charge in [-0.1, -0.05) is 13.3 Å². The summed E-state index contributed by atoms with van der Waals surface area (Å²) < 4.78 is 5.22. The Morgan fingerprint density at radius 2 is 2.18 bits per heavy atom. The van der Waals surface area contributed by atoms with E-state index in [0.717, 1.165) is 38.9 Å². The summed E-state index contributed by atoms with van der Waals surface area (Å²) >= 11 is 0. The molecule has 0 spiro atoms. The minimum absolute atomic E-state index is 0.000554. The number of hydrogen-bond acceptors (Lipinski definition) is 4. The van der Waals surface area contributed by atoms with Gasteiger partial charge in [0, 0.05) is 25.8 Å². The van der Waals surface area contributed by atoms with E-state index in [-0.39, 0.29) is 24.6 Å². The van der Waals surface area contributed by atoms with Crippen LogP contribution in [0.4, 0.5) is 0 Å². The number of carbonyl (C=O) groups is 1. The molecule has 1 atom stereocenters. The predicted molar refractivity (Wildman–Crippen MR) is 65.8 cm³/mol. The van der Waals surface area contributed by atoms with Gasteiger partial charge in [-0.3, -0.25) is 4.79 Å². The van der Waals surface area contributed by atoms with Crippen molar-refractivity contribution in [2.75, 3.05) is 26.3 Å². The molecule has 5 nitrogen and oxygen atoms in total. The Hall–Kier alpha value is -0.650. The van der Waals surface area contributed by atoms with Crippen LogP contribution in [0.5, 0.6) is 0 Å². The van der Waals surface area contributed by atoms with E-state index in [9.17, 15) is 9.90 Å². The first-order chi connectivity index (χ1) is 8.22. The molecule has 3 N–H and O–H groups in total. The number of nitrogens with one attached hydrogen (secondary N) is 2. The van der Waals surface area contributed by atoms with Crippen LogP contribution in [0.25, 0.3) is 0 Å². The maximum Gasteiger partial charge on any atom is 0.234 e. The average molecular weight is 244 g/mol. The second-order valence-corrected chi connectivity index (χ2v) is 4.53. The van der Waals surface area contributed by atoms with Crippen molar-refractivity contribution in [3.05, 3.63) is 0 Å². The number of amides is 1. The molecular formula is C12H24N2O3. The highest BCUT2D eigenvalue weighted by Crippen LogP contribution is 2.05. The minimum Gasteiger partial charge on any atom is -0.392 e. The first-order valence-corrected chi connectivity index (χ1v) is 6.48. The smallest absolute Gasteiger partial charge is 0.234 e. The Morgan fingerprint density at radius 3 is 2.82 bits per heavy atom. The number of aliphatic hydroxyl groups excluding tert-OH is 1. The Balaban J connectivity index is 2.04. The summed E-state index contributed by atoms with van der Waals surface area (Å²) in [6.45, 7) is 4.25. The highest BCUT2D eigenvalue weighted by molar-refractivity contribution is 5.78. The molecule has 0 radical (unpaired) electrons. The molecule has 0 saturated carbocycles. The molecule has 1 aliphatic rings. The molecule has 1 heterocycles. The molecule has 1 fully saturated rings. The van der Waals surface area contributed by atoms with E-state index in [2.05, 4.69) is 10.6 Å². The summed E-state index contributed by atoms with van der Waals surface area (Å²) in [5, 5.41) is 15.4. The molecule has 0 aromatic carbocycles. The van der Waals surface area contributed by atoms with Gasteiger partial charge in [-0.05, 0) is 19.3 Å². The Labute approximate surface area is 103 Å². The predicted octanol–water partition coefficient (Wildman–Crippen LogP) is 0.0322. The largest absolute Gasteiger partial charge is 0.392 e. The van der Waals surface area contributed by atoms with E-state index in [0.29, 0.717) is 6.54 Å². The summed E-state index contributed by atoms with van der Waals surface area (Å²) in [7, 11) is 0. The number of rotatable bonds is 7. The molecule has 1 saturated heterocycles. The lowest BCUT2D eigenvalue weighted by atomic mass is 10.1. The van der Waals surface area contributed by atoms with Gasteiger partial charge < -0.3 is 20.5 Å². The van der Waals surface area contributed by atoms with Crippen molar-refractivity contribution < 1.29 is 14.6 Å². The van der Waals surface area contributed by atoms with E-state index in [1.165, 1.54) is 0 Å². The number of ether oxygens (including phenoxy) is 1. The fourth-order valence-corrected chi connectivity index (χ4v) is 1.91. The summed E-state index contributed by atoms with van der Waals surface area (Å²) in [5.41, 5.74) is 0. The van der Waals surface area contributed by atoms with Crippen molar-refractivity contribution in [3.8, 4) is 0 Å². The Morgan fingerprint density at radius 1 is 1.47 bits per heavy atom. The highest BCUT2D eigenvalue weighted by Gasteiger charge is 2.15. The fraction of sp³-hybridized carbons (Fsp3) is 0.917. The minimum atomic E-state index is -0.351. The second-order valence-electron chi connectivity index (χ2n) is 4.53. The van der Waals surface area contributed by atoms with Crippen LogP contribution >= 0.6 is 0 Å². The summed E-state index contributed by atoms with van der Waals surface area (Å²) in [4.78, 5) is 11.6. The zero-order chi connectivity index (χ0) is 12.5. The van der Waals surface area contributed by atoms with Crippen LogP contribution in [0.1, 0.15) is 32.6 Å². The summed E-state index contributed by atoms with van der Waals surface area (Å²) in [5.74, 6) is 0.000554. The van der Waals surface area contributed by atoms with Crippen molar-refractivity contribution in [2.24, 2.45) is 0 Å². The molecule has 0 aromatic rings. The first kappa shape index (κ1) is 14.4. The van der Waals surface area contributed by atoms with Gasteiger partial charge in [0.05, 0.1) is 12.6 Å². The second kappa shape index (κ2) is 8.44. The molecule has 0 aromatic heterocycles. The number of carbonyl (C=O) groups excluding carboxylic acids is 1. The van der Waals surface area contributed by atoms with Crippen LogP contribution in [0.3, 0.4) is 0 Å². The lowest BCUT2D eigenvalue weighted by Crippen LogP contribution is -2.44. The van der Waals surface area contributed by atoms with Crippen LogP contribution in [0.2, 0.25) is 0 Å². The quantitative estimate of drug-likeness (QED) is 0.591. The van der Waals surface area contributed by atoms with Gasteiger partial charge in [0.1, 0.15) is 0 Å². The summed E-state index contributed by atoms with van der Waals surface area (Å²) in [6.07, 6.45) is 3.16. The van der Waals surface area contributed by atoms with Gasteiger partial charge in [-0.15, -0.1) is 0 Å². The van der Waals surface area contributed by atoms with Crippen molar-refractivity contribution >= 4 is 5.91 Å². The van der Waals surface area contributed by atoms with Gasteiger partial charge in [0.25, 0.3) is 0 Å². The molecular weight excluding hydrogens is 220 g/mol. The Bertz CT molecular complexity index is 218. The van der Waals surface area contributed by atoms with E-state index in [4.69, 9.17) is 4.74 Å². The SMILES string of the molecule is CCCC(O)CNCC(=O)NC1CCOCC1. The maximum atomic E-state index is 11.6. The van der Waals surface area contributed by atoms with Gasteiger partial charge in [0.15, 0.2) is 0 Å². The van der Waals surface area contributed by atoms with Gasteiger partial charge in [-0.25, -0.2) is 0 Å². The fourth-order valence-electron chi connectivity index (χ4n) is 1.91. The molecule has 1 amide bonds. The average Bonchev–Trinajstić information content (AvgIpc) is 2.30. The molecule has 100 valence electrons. The normalized spacial score (nSPS) is 18.9.